The first-order valence-corrected chi connectivity index (χ1v) is 10.1. The lowest BCUT2D eigenvalue weighted by Crippen LogP contribution is -2.15. The molecule has 3 aromatic heterocycles. The molecule has 146 valence electrons. The second kappa shape index (κ2) is 7.21. The topological polar surface area (TPSA) is 77.8 Å². The summed E-state index contributed by atoms with van der Waals surface area (Å²) < 4.78 is 13.1. The minimum Gasteiger partial charge on any atom is -0.486 e. The number of ether oxygens (including phenoxy) is 2. The quantitative estimate of drug-likeness (QED) is 0.559. The number of nitrogens with zero attached hydrogens (tertiary/aromatic N) is 3. The Bertz CT molecular complexity index is 1210. The Morgan fingerprint density at radius 2 is 2.07 bits per heavy atom. The smallest absolute Gasteiger partial charge is 0.232 e. The van der Waals surface area contributed by atoms with E-state index >= 15 is 0 Å². The van der Waals surface area contributed by atoms with Crippen LogP contribution in [0.25, 0.3) is 16.9 Å². The molecule has 29 heavy (non-hydrogen) atoms. The van der Waals surface area contributed by atoms with Crippen molar-refractivity contribution >= 4 is 28.0 Å². The first kappa shape index (κ1) is 17.7. The van der Waals surface area contributed by atoms with Crippen molar-refractivity contribution in [1.29, 1.82) is 0 Å². The average molecular weight is 406 g/mol. The van der Waals surface area contributed by atoms with E-state index in [1.54, 1.807) is 0 Å². The maximum atomic E-state index is 12.5. The zero-order chi connectivity index (χ0) is 19.8. The third-order valence-electron chi connectivity index (χ3n) is 4.66. The number of pyridine rings is 1. The molecule has 1 aromatic carbocycles. The van der Waals surface area contributed by atoms with Crippen LogP contribution < -0.4 is 14.8 Å². The zero-order valence-electron chi connectivity index (χ0n) is 15.7. The van der Waals surface area contributed by atoms with Crippen LogP contribution in [-0.4, -0.2) is 33.5 Å². The molecule has 8 heteroatoms. The van der Waals surface area contributed by atoms with Crippen LogP contribution >= 0.6 is 11.3 Å². The van der Waals surface area contributed by atoms with Crippen LogP contribution in [0.15, 0.2) is 48.1 Å². The SMILES string of the molecule is Cc1cccn2cc(CC(=O)Nc3nc(-c4ccc5c(c4)OCCO5)cs3)nc12. The first-order valence-electron chi connectivity index (χ1n) is 9.24. The van der Waals surface area contributed by atoms with E-state index in [4.69, 9.17) is 9.47 Å². The van der Waals surface area contributed by atoms with Crippen LogP contribution in [0.4, 0.5) is 5.13 Å². The van der Waals surface area contributed by atoms with Gasteiger partial charge in [0.1, 0.15) is 18.9 Å². The predicted molar refractivity (Wildman–Crippen MR) is 111 cm³/mol. The number of hydrogen-bond donors (Lipinski definition) is 1. The van der Waals surface area contributed by atoms with Crippen molar-refractivity contribution in [3.63, 3.8) is 0 Å². The molecule has 0 saturated heterocycles. The number of carbonyl (C=O) groups is 1. The largest absolute Gasteiger partial charge is 0.486 e. The number of fused-ring (bicyclic) bond motifs is 2. The summed E-state index contributed by atoms with van der Waals surface area (Å²) in [6, 6.07) is 9.69. The number of rotatable bonds is 4. The summed E-state index contributed by atoms with van der Waals surface area (Å²) in [4.78, 5) is 21.5. The Balaban J connectivity index is 1.29. The maximum Gasteiger partial charge on any atom is 0.232 e. The lowest BCUT2D eigenvalue weighted by atomic mass is 10.1. The number of aromatic nitrogens is 3. The number of nitrogens with one attached hydrogen (secondary N) is 1. The minimum atomic E-state index is -0.144. The molecule has 1 N–H and O–H groups in total. The number of thiazole rings is 1. The molecule has 0 fully saturated rings. The molecule has 4 heterocycles. The van der Waals surface area contributed by atoms with Crippen LogP contribution in [0.3, 0.4) is 0 Å². The van der Waals surface area contributed by atoms with Gasteiger partial charge in [-0.1, -0.05) is 6.07 Å². The van der Waals surface area contributed by atoms with E-state index in [2.05, 4.69) is 15.3 Å². The van der Waals surface area contributed by atoms with Crippen LogP contribution in [0.5, 0.6) is 11.5 Å². The van der Waals surface area contributed by atoms with Crippen LogP contribution in [0.1, 0.15) is 11.3 Å². The van der Waals surface area contributed by atoms with E-state index in [-0.39, 0.29) is 12.3 Å². The number of amides is 1. The van der Waals surface area contributed by atoms with Crippen molar-refractivity contribution in [3.8, 4) is 22.8 Å². The molecule has 0 bridgehead atoms. The van der Waals surface area contributed by atoms with E-state index in [1.807, 2.05) is 59.4 Å². The third kappa shape index (κ3) is 3.54. The minimum absolute atomic E-state index is 0.144. The molecule has 0 unspecified atom stereocenters. The van der Waals surface area contributed by atoms with Gasteiger partial charge in [-0.25, -0.2) is 9.97 Å². The summed E-state index contributed by atoms with van der Waals surface area (Å²) in [7, 11) is 0. The standard InChI is InChI=1S/C21H18N4O3S/c1-13-3-2-6-25-11-15(22-20(13)25)10-19(26)24-21-23-16(12-29-21)14-4-5-17-18(9-14)28-8-7-27-17/h2-6,9,11-12H,7-8,10H2,1H3,(H,23,24,26). The fourth-order valence-electron chi connectivity index (χ4n) is 3.28. The van der Waals surface area contributed by atoms with Gasteiger partial charge in [0.25, 0.3) is 0 Å². The highest BCUT2D eigenvalue weighted by Crippen LogP contribution is 2.35. The van der Waals surface area contributed by atoms with Gasteiger partial charge in [0.15, 0.2) is 16.6 Å². The molecule has 0 spiro atoms. The third-order valence-corrected chi connectivity index (χ3v) is 5.42. The second-order valence-electron chi connectivity index (χ2n) is 6.78. The average Bonchev–Trinajstić information content (AvgIpc) is 3.35. The van der Waals surface area contributed by atoms with Crippen molar-refractivity contribution < 1.29 is 14.3 Å². The van der Waals surface area contributed by atoms with Gasteiger partial charge in [-0.3, -0.25) is 4.79 Å². The molecular formula is C21H18N4O3S. The normalized spacial score (nSPS) is 12.9. The molecule has 0 atom stereocenters. The summed E-state index contributed by atoms with van der Waals surface area (Å²) in [6.07, 6.45) is 4.00. The number of hydrogen-bond acceptors (Lipinski definition) is 6. The van der Waals surface area contributed by atoms with E-state index in [0.29, 0.717) is 18.3 Å². The summed E-state index contributed by atoms with van der Waals surface area (Å²) in [6.45, 7) is 3.10. The van der Waals surface area contributed by atoms with Gasteiger partial charge in [-0.15, -0.1) is 11.3 Å². The fourth-order valence-corrected chi connectivity index (χ4v) is 4.02. The highest BCUT2D eigenvalue weighted by atomic mass is 32.1. The van der Waals surface area contributed by atoms with Crippen molar-refractivity contribution in [1.82, 2.24) is 14.4 Å². The van der Waals surface area contributed by atoms with Gasteiger partial charge in [-0.05, 0) is 36.8 Å². The highest BCUT2D eigenvalue weighted by Gasteiger charge is 2.15. The molecule has 0 radical (unpaired) electrons. The van der Waals surface area contributed by atoms with Gasteiger partial charge >= 0.3 is 0 Å². The van der Waals surface area contributed by atoms with Gasteiger partial charge in [0, 0.05) is 23.3 Å². The molecule has 0 aliphatic carbocycles. The molecule has 1 aliphatic heterocycles. The van der Waals surface area contributed by atoms with Crippen molar-refractivity contribution in [2.24, 2.45) is 0 Å². The van der Waals surface area contributed by atoms with E-state index in [9.17, 15) is 4.79 Å². The summed E-state index contributed by atoms with van der Waals surface area (Å²) in [5.74, 6) is 1.31. The monoisotopic (exact) mass is 406 g/mol. The lowest BCUT2D eigenvalue weighted by Gasteiger charge is -2.18. The van der Waals surface area contributed by atoms with Gasteiger partial charge < -0.3 is 19.2 Å². The Morgan fingerprint density at radius 1 is 1.21 bits per heavy atom. The number of carbonyl (C=O) groups excluding carboxylic acids is 1. The Hall–Kier alpha value is -3.39. The number of imidazole rings is 1. The predicted octanol–water partition coefficient (Wildman–Crippen LogP) is 3.72. The van der Waals surface area contributed by atoms with E-state index < -0.39 is 0 Å². The molecule has 1 aliphatic rings. The number of benzene rings is 1. The van der Waals surface area contributed by atoms with Gasteiger partial charge in [0.05, 0.1) is 17.8 Å². The molecule has 0 saturated carbocycles. The maximum absolute atomic E-state index is 12.5. The van der Waals surface area contributed by atoms with Crippen LogP contribution in [0, 0.1) is 6.92 Å². The molecule has 4 aromatic rings. The summed E-state index contributed by atoms with van der Waals surface area (Å²) >= 11 is 1.39. The second-order valence-corrected chi connectivity index (χ2v) is 7.63. The zero-order valence-corrected chi connectivity index (χ0v) is 16.5. The van der Waals surface area contributed by atoms with Crippen molar-refractivity contribution in [2.75, 3.05) is 18.5 Å². The summed E-state index contributed by atoms with van der Waals surface area (Å²) in [5, 5.41) is 5.33. The molecule has 5 rings (SSSR count). The number of anilines is 1. The lowest BCUT2D eigenvalue weighted by molar-refractivity contribution is -0.115. The molecule has 7 nitrogen and oxygen atoms in total. The van der Waals surface area contributed by atoms with Gasteiger partial charge in [-0.2, -0.15) is 0 Å². The Morgan fingerprint density at radius 3 is 2.93 bits per heavy atom. The Kier molecular flexibility index (Phi) is 4.40. The van der Waals surface area contributed by atoms with E-state index in [1.165, 1.54) is 11.3 Å². The highest BCUT2D eigenvalue weighted by molar-refractivity contribution is 7.14. The molecular weight excluding hydrogens is 388 g/mol. The van der Waals surface area contributed by atoms with Crippen LogP contribution in [-0.2, 0) is 11.2 Å². The van der Waals surface area contributed by atoms with Crippen molar-refractivity contribution in [2.45, 2.75) is 13.3 Å². The summed E-state index contributed by atoms with van der Waals surface area (Å²) in [5.41, 5.74) is 4.36. The fraction of sp³-hybridized carbons (Fsp3) is 0.190. The molecule has 1 amide bonds. The van der Waals surface area contributed by atoms with Gasteiger partial charge in [0.2, 0.25) is 5.91 Å². The Labute approximate surface area is 171 Å². The number of aryl methyl sites for hydroxylation is 1. The van der Waals surface area contributed by atoms with E-state index in [0.717, 1.165) is 39.7 Å². The van der Waals surface area contributed by atoms with Crippen LogP contribution in [0.2, 0.25) is 0 Å². The first-order chi connectivity index (χ1) is 14.2. The van der Waals surface area contributed by atoms with Crippen molar-refractivity contribution in [3.05, 3.63) is 59.4 Å².